The van der Waals surface area contributed by atoms with Crippen molar-refractivity contribution in [2.24, 2.45) is 5.73 Å². The van der Waals surface area contributed by atoms with Gasteiger partial charge in [-0.1, -0.05) is 13.0 Å². The lowest BCUT2D eigenvalue weighted by molar-refractivity contribution is -0.151. The van der Waals surface area contributed by atoms with Crippen LogP contribution in [-0.4, -0.2) is 32.3 Å². The van der Waals surface area contributed by atoms with E-state index in [1.807, 2.05) is 19.1 Å². The second-order valence-corrected chi connectivity index (χ2v) is 4.28. The summed E-state index contributed by atoms with van der Waals surface area (Å²) < 4.78 is 16.0. The minimum absolute atomic E-state index is 0.340. The van der Waals surface area contributed by atoms with Crippen molar-refractivity contribution in [1.82, 2.24) is 0 Å². The molecular formula is C15H23NO4. The number of hydrogen-bond donors (Lipinski definition) is 1. The summed E-state index contributed by atoms with van der Waals surface area (Å²) in [5.74, 6) is 0.950. The third kappa shape index (κ3) is 4.42. The minimum atomic E-state index is -0.612. The van der Waals surface area contributed by atoms with Crippen LogP contribution in [-0.2, 0) is 16.0 Å². The summed E-state index contributed by atoms with van der Waals surface area (Å²) in [5.41, 5.74) is 6.55. The predicted octanol–water partition coefficient (Wildman–Crippen LogP) is 1.92. The Kier molecular flexibility index (Phi) is 6.87. The number of rotatable bonds is 8. The number of nitrogens with two attached hydrogens (primary N) is 1. The summed E-state index contributed by atoms with van der Waals surface area (Å²) in [4.78, 5) is 11.8. The van der Waals surface area contributed by atoms with E-state index in [0.717, 1.165) is 5.56 Å². The lowest BCUT2D eigenvalue weighted by Gasteiger charge is -2.19. The molecule has 0 radical (unpaired) electrons. The SMILES string of the molecule is CCOC(=O)C(CC)Oc1cc(OC)ccc1CCN. The van der Waals surface area contributed by atoms with E-state index in [4.69, 9.17) is 19.9 Å². The molecule has 20 heavy (non-hydrogen) atoms. The Morgan fingerprint density at radius 2 is 2.10 bits per heavy atom. The standard InChI is InChI=1S/C15H23NO4/c1-4-13(15(17)19-5-2)20-14-10-12(18-3)7-6-11(14)8-9-16/h6-7,10,13H,4-5,8-9,16H2,1-3H3. The largest absolute Gasteiger partial charge is 0.497 e. The molecule has 0 aliphatic rings. The molecule has 0 spiro atoms. The Morgan fingerprint density at radius 1 is 1.35 bits per heavy atom. The molecule has 5 nitrogen and oxygen atoms in total. The van der Waals surface area contributed by atoms with Crippen LogP contribution >= 0.6 is 0 Å². The van der Waals surface area contributed by atoms with Gasteiger partial charge in [-0.25, -0.2) is 4.79 Å². The third-order valence-electron chi connectivity index (χ3n) is 2.88. The molecule has 1 aromatic carbocycles. The van der Waals surface area contributed by atoms with Gasteiger partial charge in [0.25, 0.3) is 0 Å². The number of esters is 1. The van der Waals surface area contributed by atoms with E-state index in [0.29, 0.717) is 37.5 Å². The average molecular weight is 281 g/mol. The maximum atomic E-state index is 11.8. The van der Waals surface area contributed by atoms with E-state index >= 15 is 0 Å². The normalized spacial score (nSPS) is 11.8. The van der Waals surface area contributed by atoms with Gasteiger partial charge in [0, 0.05) is 6.07 Å². The van der Waals surface area contributed by atoms with E-state index in [1.54, 1.807) is 20.1 Å². The van der Waals surface area contributed by atoms with E-state index in [1.165, 1.54) is 0 Å². The van der Waals surface area contributed by atoms with Crippen LogP contribution in [0, 0.1) is 0 Å². The molecule has 0 aromatic heterocycles. The molecule has 0 aliphatic heterocycles. The van der Waals surface area contributed by atoms with Gasteiger partial charge in [0.05, 0.1) is 13.7 Å². The summed E-state index contributed by atoms with van der Waals surface area (Å²) in [6.07, 6.45) is 0.607. The topological polar surface area (TPSA) is 70.8 Å². The lowest BCUT2D eigenvalue weighted by atomic mass is 10.1. The molecule has 0 heterocycles. The Labute approximate surface area is 120 Å². The average Bonchev–Trinajstić information content (AvgIpc) is 2.46. The van der Waals surface area contributed by atoms with Gasteiger partial charge in [-0.2, -0.15) is 0 Å². The zero-order valence-corrected chi connectivity index (χ0v) is 12.3. The van der Waals surface area contributed by atoms with Crippen molar-refractivity contribution in [3.8, 4) is 11.5 Å². The fraction of sp³-hybridized carbons (Fsp3) is 0.533. The van der Waals surface area contributed by atoms with Gasteiger partial charge < -0.3 is 19.9 Å². The van der Waals surface area contributed by atoms with Crippen molar-refractivity contribution in [3.63, 3.8) is 0 Å². The number of hydrogen-bond acceptors (Lipinski definition) is 5. The molecule has 5 heteroatoms. The van der Waals surface area contributed by atoms with Crippen LogP contribution in [0.5, 0.6) is 11.5 Å². The van der Waals surface area contributed by atoms with Crippen LogP contribution in [0.25, 0.3) is 0 Å². The number of methoxy groups -OCH3 is 1. The quantitative estimate of drug-likeness (QED) is 0.737. The second kappa shape index (κ2) is 8.43. The Hall–Kier alpha value is -1.75. The molecule has 0 aliphatic carbocycles. The highest BCUT2D eigenvalue weighted by molar-refractivity contribution is 5.75. The van der Waals surface area contributed by atoms with Crippen molar-refractivity contribution < 1.29 is 19.0 Å². The molecule has 112 valence electrons. The molecule has 1 atom stereocenters. The first-order chi connectivity index (χ1) is 9.65. The van der Waals surface area contributed by atoms with Crippen molar-refractivity contribution in [2.75, 3.05) is 20.3 Å². The van der Waals surface area contributed by atoms with Crippen LogP contribution in [0.15, 0.2) is 18.2 Å². The zero-order chi connectivity index (χ0) is 15.0. The van der Waals surface area contributed by atoms with Gasteiger partial charge in [-0.15, -0.1) is 0 Å². The number of carbonyl (C=O) groups is 1. The summed E-state index contributed by atoms with van der Waals surface area (Å²) in [7, 11) is 1.59. The van der Waals surface area contributed by atoms with Crippen LogP contribution in [0.2, 0.25) is 0 Å². The number of carbonyl (C=O) groups excluding carboxylic acids is 1. The van der Waals surface area contributed by atoms with Gasteiger partial charge in [0.15, 0.2) is 6.10 Å². The Balaban J connectivity index is 2.94. The van der Waals surface area contributed by atoms with E-state index < -0.39 is 6.10 Å². The lowest BCUT2D eigenvalue weighted by Crippen LogP contribution is -2.29. The summed E-state index contributed by atoms with van der Waals surface area (Å²) >= 11 is 0. The van der Waals surface area contributed by atoms with Crippen molar-refractivity contribution in [3.05, 3.63) is 23.8 Å². The van der Waals surface area contributed by atoms with Crippen molar-refractivity contribution in [1.29, 1.82) is 0 Å². The molecule has 1 unspecified atom stereocenters. The van der Waals surface area contributed by atoms with Crippen LogP contribution in [0.4, 0.5) is 0 Å². The molecule has 0 saturated carbocycles. The predicted molar refractivity (Wildman–Crippen MR) is 77.1 cm³/mol. The van der Waals surface area contributed by atoms with E-state index in [2.05, 4.69) is 0 Å². The van der Waals surface area contributed by atoms with Crippen LogP contribution in [0.3, 0.4) is 0 Å². The first kappa shape index (κ1) is 16.3. The van der Waals surface area contributed by atoms with E-state index in [-0.39, 0.29) is 5.97 Å². The Morgan fingerprint density at radius 3 is 2.65 bits per heavy atom. The Bertz CT molecular complexity index is 434. The highest BCUT2D eigenvalue weighted by atomic mass is 16.6. The smallest absolute Gasteiger partial charge is 0.347 e. The molecule has 1 aromatic rings. The molecule has 0 amide bonds. The number of benzene rings is 1. The highest BCUT2D eigenvalue weighted by Gasteiger charge is 2.21. The van der Waals surface area contributed by atoms with Crippen molar-refractivity contribution >= 4 is 5.97 Å². The van der Waals surface area contributed by atoms with Crippen molar-refractivity contribution in [2.45, 2.75) is 32.8 Å². The van der Waals surface area contributed by atoms with Gasteiger partial charge >= 0.3 is 5.97 Å². The number of ether oxygens (including phenoxy) is 3. The molecule has 0 saturated heterocycles. The fourth-order valence-electron chi connectivity index (χ4n) is 1.82. The first-order valence-corrected chi connectivity index (χ1v) is 6.86. The maximum absolute atomic E-state index is 11.8. The first-order valence-electron chi connectivity index (χ1n) is 6.86. The summed E-state index contributed by atoms with van der Waals surface area (Å²) in [5, 5.41) is 0. The summed E-state index contributed by atoms with van der Waals surface area (Å²) in [6.45, 7) is 4.51. The minimum Gasteiger partial charge on any atom is -0.497 e. The van der Waals surface area contributed by atoms with Crippen LogP contribution in [0.1, 0.15) is 25.8 Å². The van der Waals surface area contributed by atoms with Crippen LogP contribution < -0.4 is 15.2 Å². The molecular weight excluding hydrogens is 258 g/mol. The van der Waals surface area contributed by atoms with Gasteiger partial charge in [-0.05, 0) is 37.9 Å². The molecule has 2 N–H and O–H groups in total. The fourth-order valence-corrected chi connectivity index (χ4v) is 1.82. The molecule has 0 bridgehead atoms. The second-order valence-electron chi connectivity index (χ2n) is 4.28. The van der Waals surface area contributed by atoms with Gasteiger partial charge in [0.1, 0.15) is 11.5 Å². The van der Waals surface area contributed by atoms with E-state index in [9.17, 15) is 4.79 Å². The van der Waals surface area contributed by atoms with Gasteiger partial charge in [0.2, 0.25) is 0 Å². The third-order valence-corrected chi connectivity index (χ3v) is 2.88. The maximum Gasteiger partial charge on any atom is 0.347 e. The molecule has 0 fully saturated rings. The molecule has 1 rings (SSSR count). The van der Waals surface area contributed by atoms with Gasteiger partial charge in [-0.3, -0.25) is 0 Å². The zero-order valence-electron chi connectivity index (χ0n) is 12.3. The summed E-state index contributed by atoms with van der Waals surface area (Å²) in [6, 6.07) is 5.52. The monoisotopic (exact) mass is 281 g/mol. The highest BCUT2D eigenvalue weighted by Crippen LogP contribution is 2.26.